The SMILES string of the molecule is CC(C)n1nc(C(=O)OCC(=O)c2cccs2)c2ccccc2c1=O. The van der Waals surface area contributed by atoms with Crippen molar-refractivity contribution in [3.63, 3.8) is 0 Å². The highest BCUT2D eigenvalue weighted by atomic mass is 32.1. The zero-order valence-corrected chi connectivity index (χ0v) is 14.6. The molecule has 0 spiro atoms. The molecular formula is C18H16N2O4S. The molecule has 128 valence electrons. The molecule has 0 unspecified atom stereocenters. The van der Waals surface area contributed by atoms with Gasteiger partial charge in [0.05, 0.1) is 16.3 Å². The van der Waals surface area contributed by atoms with Crippen molar-refractivity contribution in [2.24, 2.45) is 0 Å². The first-order valence-corrected chi connectivity index (χ1v) is 8.62. The summed E-state index contributed by atoms with van der Waals surface area (Å²) in [5, 5.41) is 6.75. The number of carbonyl (C=O) groups excluding carboxylic acids is 2. The summed E-state index contributed by atoms with van der Waals surface area (Å²) in [5.41, 5.74) is -0.236. The summed E-state index contributed by atoms with van der Waals surface area (Å²) in [6, 6.07) is 9.95. The fraction of sp³-hybridized carbons (Fsp3) is 0.222. The fourth-order valence-corrected chi connectivity index (χ4v) is 3.07. The molecule has 3 aromatic rings. The van der Waals surface area contributed by atoms with E-state index in [9.17, 15) is 14.4 Å². The molecule has 3 rings (SSSR count). The van der Waals surface area contributed by atoms with Crippen molar-refractivity contribution in [2.75, 3.05) is 6.61 Å². The van der Waals surface area contributed by atoms with Crippen molar-refractivity contribution in [3.8, 4) is 0 Å². The minimum atomic E-state index is -0.726. The summed E-state index contributed by atoms with van der Waals surface area (Å²) in [7, 11) is 0. The van der Waals surface area contributed by atoms with Crippen LogP contribution >= 0.6 is 11.3 Å². The van der Waals surface area contributed by atoms with Crippen LogP contribution in [0, 0.1) is 0 Å². The lowest BCUT2D eigenvalue weighted by Crippen LogP contribution is -2.28. The summed E-state index contributed by atoms with van der Waals surface area (Å²) in [6.07, 6.45) is 0. The van der Waals surface area contributed by atoms with Gasteiger partial charge >= 0.3 is 5.97 Å². The fourth-order valence-electron chi connectivity index (χ4n) is 2.42. The Labute approximate surface area is 147 Å². The zero-order valence-electron chi connectivity index (χ0n) is 13.8. The first-order valence-electron chi connectivity index (χ1n) is 7.74. The summed E-state index contributed by atoms with van der Waals surface area (Å²) < 4.78 is 6.39. The lowest BCUT2D eigenvalue weighted by Gasteiger charge is -2.12. The molecule has 25 heavy (non-hydrogen) atoms. The number of fused-ring (bicyclic) bond motifs is 1. The van der Waals surface area contributed by atoms with Gasteiger partial charge in [0.15, 0.2) is 12.3 Å². The van der Waals surface area contributed by atoms with Gasteiger partial charge in [0, 0.05) is 5.39 Å². The number of benzene rings is 1. The maximum Gasteiger partial charge on any atom is 0.359 e. The third-order valence-electron chi connectivity index (χ3n) is 3.64. The molecule has 2 aromatic heterocycles. The van der Waals surface area contributed by atoms with Crippen LogP contribution in [0.4, 0.5) is 0 Å². The van der Waals surface area contributed by atoms with E-state index in [1.807, 2.05) is 0 Å². The third kappa shape index (κ3) is 3.36. The molecular weight excluding hydrogens is 340 g/mol. The minimum Gasteiger partial charge on any atom is -0.452 e. The van der Waals surface area contributed by atoms with Gasteiger partial charge in [0.25, 0.3) is 5.56 Å². The van der Waals surface area contributed by atoms with Crippen molar-refractivity contribution in [1.29, 1.82) is 0 Å². The highest BCUT2D eigenvalue weighted by Gasteiger charge is 2.20. The molecule has 0 N–H and O–H groups in total. The maximum atomic E-state index is 12.5. The van der Waals surface area contributed by atoms with Gasteiger partial charge in [0.2, 0.25) is 5.78 Å². The van der Waals surface area contributed by atoms with E-state index in [-0.39, 0.29) is 29.7 Å². The zero-order chi connectivity index (χ0) is 18.0. The van der Waals surface area contributed by atoms with Crippen LogP contribution in [-0.2, 0) is 4.74 Å². The molecule has 0 saturated carbocycles. The molecule has 0 atom stereocenters. The number of ketones is 1. The van der Waals surface area contributed by atoms with Gasteiger partial charge in [-0.15, -0.1) is 11.3 Å². The van der Waals surface area contributed by atoms with Crippen LogP contribution in [0.3, 0.4) is 0 Å². The summed E-state index contributed by atoms with van der Waals surface area (Å²) in [4.78, 5) is 37.4. The van der Waals surface area contributed by atoms with Gasteiger partial charge in [-0.25, -0.2) is 9.48 Å². The highest BCUT2D eigenvalue weighted by molar-refractivity contribution is 7.12. The number of thiophene rings is 1. The summed E-state index contributed by atoms with van der Waals surface area (Å²) in [6.45, 7) is 3.24. The molecule has 0 bridgehead atoms. The molecule has 0 aliphatic rings. The second kappa shape index (κ2) is 6.98. The highest BCUT2D eigenvalue weighted by Crippen LogP contribution is 2.16. The van der Waals surface area contributed by atoms with Gasteiger partial charge < -0.3 is 4.74 Å². The minimum absolute atomic E-state index is 0.0304. The van der Waals surface area contributed by atoms with Crippen molar-refractivity contribution in [1.82, 2.24) is 9.78 Å². The Hall–Kier alpha value is -2.80. The number of ether oxygens (including phenoxy) is 1. The predicted molar refractivity (Wildman–Crippen MR) is 95.3 cm³/mol. The van der Waals surface area contributed by atoms with E-state index in [0.717, 1.165) is 0 Å². The number of hydrogen-bond donors (Lipinski definition) is 0. The lowest BCUT2D eigenvalue weighted by atomic mass is 10.1. The molecule has 0 amide bonds. The molecule has 0 saturated heterocycles. The van der Waals surface area contributed by atoms with Crippen molar-refractivity contribution >= 4 is 33.9 Å². The quantitative estimate of drug-likeness (QED) is 0.518. The van der Waals surface area contributed by atoms with E-state index in [0.29, 0.717) is 15.6 Å². The van der Waals surface area contributed by atoms with Crippen LogP contribution < -0.4 is 5.56 Å². The Balaban J connectivity index is 1.94. The molecule has 7 heteroatoms. The van der Waals surface area contributed by atoms with Crippen LogP contribution in [0.2, 0.25) is 0 Å². The second-order valence-electron chi connectivity index (χ2n) is 5.71. The van der Waals surface area contributed by atoms with Gasteiger partial charge in [-0.2, -0.15) is 5.10 Å². The van der Waals surface area contributed by atoms with Crippen molar-refractivity contribution < 1.29 is 14.3 Å². The second-order valence-corrected chi connectivity index (χ2v) is 6.66. The van der Waals surface area contributed by atoms with Crippen molar-refractivity contribution in [2.45, 2.75) is 19.9 Å². The van der Waals surface area contributed by atoms with Crippen LogP contribution in [-0.4, -0.2) is 28.1 Å². The molecule has 2 heterocycles. The Morgan fingerprint density at radius 2 is 1.88 bits per heavy atom. The van der Waals surface area contributed by atoms with Crippen LogP contribution in [0.15, 0.2) is 46.6 Å². The standard InChI is InChI=1S/C18H16N2O4S/c1-11(2)20-17(22)13-7-4-3-6-12(13)16(19-20)18(23)24-10-14(21)15-8-5-9-25-15/h3-9,11H,10H2,1-2H3. The number of Topliss-reactive ketones (excluding diaryl/α,β-unsaturated/α-hetero) is 1. The van der Waals surface area contributed by atoms with E-state index in [1.165, 1.54) is 16.0 Å². The average molecular weight is 356 g/mol. The van der Waals surface area contributed by atoms with Gasteiger partial charge in [-0.3, -0.25) is 9.59 Å². The Kier molecular flexibility index (Phi) is 4.76. The molecule has 0 fully saturated rings. The van der Waals surface area contributed by atoms with E-state index in [4.69, 9.17) is 4.74 Å². The predicted octanol–water partition coefficient (Wildman–Crippen LogP) is 3.08. The molecule has 1 aromatic carbocycles. The first-order chi connectivity index (χ1) is 12.0. The van der Waals surface area contributed by atoms with Gasteiger partial charge in [0.1, 0.15) is 0 Å². The van der Waals surface area contributed by atoms with Crippen LogP contribution in [0.1, 0.15) is 40.0 Å². The Bertz CT molecular complexity index is 990. The molecule has 6 nitrogen and oxygen atoms in total. The largest absolute Gasteiger partial charge is 0.452 e. The third-order valence-corrected chi connectivity index (χ3v) is 4.55. The number of hydrogen-bond acceptors (Lipinski definition) is 6. The number of aromatic nitrogens is 2. The number of esters is 1. The summed E-state index contributed by atoms with van der Waals surface area (Å²) >= 11 is 1.29. The molecule has 0 radical (unpaired) electrons. The Morgan fingerprint density at radius 1 is 1.16 bits per heavy atom. The lowest BCUT2D eigenvalue weighted by molar-refractivity contribution is 0.0469. The smallest absolute Gasteiger partial charge is 0.359 e. The van der Waals surface area contributed by atoms with E-state index < -0.39 is 5.97 Å². The maximum absolute atomic E-state index is 12.5. The van der Waals surface area contributed by atoms with Gasteiger partial charge in [-0.1, -0.05) is 24.3 Å². The topological polar surface area (TPSA) is 78.3 Å². The van der Waals surface area contributed by atoms with E-state index in [1.54, 1.807) is 55.6 Å². The van der Waals surface area contributed by atoms with Gasteiger partial charge in [-0.05, 0) is 31.4 Å². The first kappa shape index (κ1) is 17.0. The molecule has 0 aliphatic heterocycles. The van der Waals surface area contributed by atoms with E-state index in [2.05, 4.69) is 5.10 Å². The van der Waals surface area contributed by atoms with Crippen LogP contribution in [0.25, 0.3) is 10.8 Å². The normalized spacial score (nSPS) is 11.0. The van der Waals surface area contributed by atoms with Crippen LogP contribution in [0.5, 0.6) is 0 Å². The number of rotatable bonds is 5. The Morgan fingerprint density at radius 3 is 2.52 bits per heavy atom. The van der Waals surface area contributed by atoms with E-state index >= 15 is 0 Å². The van der Waals surface area contributed by atoms with Crippen molar-refractivity contribution in [3.05, 3.63) is 62.7 Å². The number of nitrogens with zero attached hydrogens (tertiary/aromatic N) is 2. The summed E-state index contributed by atoms with van der Waals surface area (Å²) in [5.74, 6) is -1.000. The number of carbonyl (C=O) groups is 2. The average Bonchev–Trinajstić information content (AvgIpc) is 3.14. The monoisotopic (exact) mass is 356 g/mol. The molecule has 0 aliphatic carbocycles.